The second-order valence-corrected chi connectivity index (χ2v) is 3.84. The van der Waals surface area contributed by atoms with Crippen LogP contribution < -0.4 is 5.32 Å². The van der Waals surface area contributed by atoms with Gasteiger partial charge in [0.05, 0.1) is 23.9 Å². The van der Waals surface area contributed by atoms with Gasteiger partial charge in [-0.3, -0.25) is 9.89 Å². The third kappa shape index (κ3) is 3.29. The number of fused-ring (bicyclic) bond motifs is 1. The number of nitrogens with zero attached hydrogens (tertiary/aromatic N) is 1. The molecule has 0 fully saturated rings. The SMILES string of the molecule is O=C(O)COCCNC(=O)c1cccc2cn[nH]c12. The molecule has 1 heterocycles. The molecule has 1 aromatic heterocycles. The molecule has 1 amide bonds. The van der Waals surface area contributed by atoms with Crippen molar-refractivity contribution >= 4 is 22.8 Å². The van der Waals surface area contributed by atoms with Crippen LogP contribution in [0.1, 0.15) is 10.4 Å². The predicted octanol–water partition coefficient (Wildman–Crippen LogP) is 0.394. The van der Waals surface area contributed by atoms with Crippen molar-refractivity contribution in [3.63, 3.8) is 0 Å². The molecule has 0 aliphatic heterocycles. The third-order valence-corrected chi connectivity index (χ3v) is 2.48. The summed E-state index contributed by atoms with van der Waals surface area (Å²) in [6, 6.07) is 5.31. The molecule has 0 atom stereocenters. The van der Waals surface area contributed by atoms with Crippen molar-refractivity contribution in [2.75, 3.05) is 19.8 Å². The fourth-order valence-electron chi connectivity index (χ4n) is 1.65. The Morgan fingerprint density at radius 3 is 3.05 bits per heavy atom. The first-order valence-electron chi connectivity index (χ1n) is 5.68. The molecule has 0 aliphatic rings. The maximum absolute atomic E-state index is 11.9. The standard InChI is InChI=1S/C12H13N3O4/c16-10(17)7-19-5-4-13-12(18)9-3-1-2-8-6-14-15-11(8)9/h1-3,6H,4-5,7H2,(H,13,18)(H,14,15)(H,16,17). The van der Waals surface area contributed by atoms with Gasteiger partial charge in [-0.25, -0.2) is 4.79 Å². The number of aliphatic carboxylic acids is 1. The lowest BCUT2D eigenvalue weighted by atomic mass is 10.1. The maximum atomic E-state index is 11.9. The van der Waals surface area contributed by atoms with Gasteiger partial charge in [-0.2, -0.15) is 5.10 Å². The van der Waals surface area contributed by atoms with Crippen LogP contribution in [-0.2, 0) is 9.53 Å². The molecule has 0 saturated heterocycles. The van der Waals surface area contributed by atoms with Gasteiger partial charge in [-0.1, -0.05) is 12.1 Å². The van der Waals surface area contributed by atoms with E-state index in [-0.39, 0.29) is 25.7 Å². The average Bonchev–Trinajstić information content (AvgIpc) is 2.85. The number of amides is 1. The van der Waals surface area contributed by atoms with Gasteiger partial charge in [0.2, 0.25) is 0 Å². The van der Waals surface area contributed by atoms with Crippen LogP contribution in [0.15, 0.2) is 24.4 Å². The van der Waals surface area contributed by atoms with E-state index in [1.54, 1.807) is 18.3 Å². The minimum atomic E-state index is -1.03. The number of carboxylic acid groups (broad SMARTS) is 1. The van der Waals surface area contributed by atoms with Crippen molar-refractivity contribution in [3.05, 3.63) is 30.0 Å². The minimum absolute atomic E-state index is 0.150. The largest absolute Gasteiger partial charge is 0.480 e. The summed E-state index contributed by atoms with van der Waals surface area (Å²) in [4.78, 5) is 22.1. The highest BCUT2D eigenvalue weighted by Gasteiger charge is 2.10. The van der Waals surface area contributed by atoms with E-state index in [0.29, 0.717) is 11.1 Å². The summed E-state index contributed by atoms with van der Waals surface area (Å²) in [5.74, 6) is -1.29. The lowest BCUT2D eigenvalue weighted by molar-refractivity contribution is -0.142. The number of para-hydroxylation sites is 1. The number of carbonyl (C=O) groups excluding carboxylic acids is 1. The second kappa shape index (κ2) is 5.96. The number of benzene rings is 1. The van der Waals surface area contributed by atoms with Crippen LogP contribution >= 0.6 is 0 Å². The highest BCUT2D eigenvalue weighted by Crippen LogP contribution is 2.15. The van der Waals surface area contributed by atoms with Crippen LogP contribution in [0.25, 0.3) is 10.9 Å². The van der Waals surface area contributed by atoms with Crippen LogP contribution in [0.2, 0.25) is 0 Å². The zero-order chi connectivity index (χ0) is 13.7. The number of aromatic nitrogens is 2. The van der Waals surface area contributed by atoms with Crippen LogP contribution in [0, 0.1) is 0 Å². The number of H-pyrrole nitrogens is 1. The summed E-state index contributed by atoms with van der Waals surface area (Å²) < 4.78 is 4.82. The minimum Gasteiger partial charge on any atom is -0.480 e. The summed E-state index contributed by atoms with van der Waals surface area (Å²) in [5, 5.41) is 18.5. The van der Waals surface area contributed by atoms with E-state index in [4.69, 9.17) is 9.84 Å². The monoisotopic (exact) mass is 263 g/mol. The van der Waals surface area contributed by atoms with Gasteiger partial charge in [0, 0.05) is 11.9 Å². The highest BCUT2D eigenvalue weighted by molar-refractivity contribution is 6.05. The van der Waals surface area contributed by atoms with Crippen LogP contribution in [0.4, 0.5) is 0 Å². The Bertz CT molecular complexity index is 593. The molecule has 0 unspecified atom stereocenters. The molecule has 0 saturated carbocycles. The molecule has 1 aromatic carbocycles. The molecule has 100 valence electrons. The zero-order valence-corrected chi connectivity index (χ0v) is 10.0. The number of carbonyl (C=O) groups is 2. The summed E-state index contributed by atoms with van der Waals surface area (Å²) in [5.41, 5.74) is 1.17. The molecule has 0 bridgehead atoms. The number of hydrogen-bond donors (Lipinski definition) is 3. The Kier molecular flexibility index (Phi) is 4.09. The number of hydrogen-bond acceptors (Lipinski definition) is 4. The van der Waals surface area contributed by atoms with Gasteiger partial charge in [0.25, 0.3) is 5.91 Å². The van der Waals surface area contributed by atoms with E-state index >= 15 is 0 Å². The first-order valence-corrected chi connectivity index (χ1v) is 5.68. The number of nitrogens with one attached hydrogen (secondary N) is 2. The number of aromatic amines is 1. The molecular weight excluding hydrogens is 250 g/mol. The molecule has 2 rings (SSSR count). The van der Waals surface area contributed by atoms with Crippen LogP contribution in [0.5, 0.6) is 0 Å². The Morgan fingerprint density at radius 1 is 1.42 bits per heavy atom. The molecule has 7 nitrogen and oxygen atoms in total. The topological polar surface area (TPSA) is 104 Å². The van der Waals surface area contributed by atoms with Crippen molar-refractivity contribution < 1.29 is 19.4 Å². The summed E-state index contributed by atoms with van der Waals surface area (Å²) in [6.07, 6.45) is 1.64. The van der Waals surface area contributed by atoms with E-state index < -0.39 is 5.97 Å². The fraction of sp³-hybridized carbons (Fsp3) is 0.250. The van der Waals surface area contributed by atoms with Crippen molar-refractivity contribution in [3.8, 4) is 0 Å². The van der Waals surface area contributed by atoms with Crippen LogP contribution in [-0.4, -0.2) is 46.9 Å². The quantitative estimate of drug-likeness (QED) is 0.654. The van der Waals surface area contributed by atoms with Crippen molar-refractivity contribution in [2.24, 2.45) is 0 Å². The molecule has 0 spiro atoms. The molecule has 2 aromatic rings. The number of rotatable bonds is 6. The number of carboxylic acids is 1. The van der Waals surface area contributed by atoms with Gasteiger partial charge in [-0.15, -0.1) is 0 Å². The van der Waals surface area contributed by atoms with Crippen molar-refractivity contribution in [1.82, 2.24) is 15.5 Å². The molecule has 0 aliphatic carbocycles. The van der Waals surface area contributed by atoms with E-state index in [0.717, 1.165) is 5.39 Å². The van der Waals surface area contributed by atoms with Crippen LogP contribution in [0.3, 0.4) is 0 Å². The lowest BCUT2D eigenvalue weighted by Crippen LogP contribution is -2.28. The number of ether oxygens (including phenoxy) is 1. The molecular formula is C12H13N3O4. The first kappa shape index (κ1) is 13.0. The predicted molar refractivity (Wildman–Crippen MR) is 66.9 cm³/mol. The molecule has 7 heteroatoms. The van der Waals surface area contributed by atoms with Gasteiger partial charge in [0.1, 0.15) is 6.61 Å². The van der Waals surface area contributed by atoms with Gasteiger partial charge >= 0.3 is 5.97 Å². The van der Waals surface area contributed by atoms with E-state index in [9.17, 15) is 9.59 Å². The normalized spacial score (nSPS) is 10.5. The first-order chi connectivity index (χ1) is 9.18. The van der Waals surface area contributed by atoms with E-state index in [1.807, 2.05) is 6.07 Å². The Balaban J connectivity index is 1.90. The fourth-order valence-corrected chi connectivity index (χ4v) is 1.65. The van der Waals surface area contributed by atoms with Crippen molar-refractivity contribution in [2.45, 2.75) is 0 Å². The molecule has 3 N–H and O–H groups in total. The Hall–Kier alpha value is -2.41. The smallest absolute Gasteiger partial charge is 0.329 e. The Labute approximate surface area is 108 Å². The summed E-state index contributed by atoms with van der Waals surface area (Å²) >= 11 is 0. The summed E-state index contributed by atoms with van der Waals surface area (Å²) in [7, 11) is 0. The van der Waals surface area contributed by atoms with Gasteiger partial charge < -0.3 is 15.2 Å². The zero-order valence-electron chi connectivity index (χ0n) is 10.0. The van der Waals surface area contributed by atoms with E-state index in [1.165, 1.54) is 0 Å². The highest BCUT2D eigenvalue weighted by atomic mass is 16.5. The Morgan fingerprint density at radius 2 is 2.26 bits per heavy atom. The lowest BCUT2D eigenvalue weighted by Gasteiger charge is -2.06. The van der Waals surface area contributed by atoms with Crippen molar-refractivity contribution in [1.29, 1.82) is 0 Å². The van der Waals surface area contributed by atoms with Gasteiger partial charge in [-0.05, 0) is 6.07 Å². The second-order valence-electron chi connectivity index (χ2n) is 3.84. The van der Waals surface area contributed by atoms with E-state index in [2.05, 4.69) is 15.5 Å². The third-order valence-electron chi connectivity index (χ3n) is 2.48. The maximum Gasteiger partial charge on any atom is 0.329 e. The molecule has 0 radical (unpaired) electrons. The average molecular weight is 263 g/mol. The van der Waals surface area contributed by atoms with Gasteiger partial charge in [0.15, 0.2) is 0 Å². The molecule has 19 heavy (non-hydrogen) atoms. The summed E-state index contributed by atoms with van der Waals surface area (Å²) in [6.45, 7) is 0.0274.